The van der Waals surface area contributed by atoms with Crippen molar-refractivity contribution in [3.63, 3.8) is 0 Å². The summed E-state index contributed by atoms with van der Waals surface area (Å²) in [6.45, 7) is 3.12. The number of nitrogens with zero attached hydrogens (tertiary/aromatic N) is 1. The smallest absolute Gasteiger partial charge is 0.109 e. The highest BCUT2D eigenvalue weighted by Gasteiger charge is 2.22. The van der Waals surface area contributed by atoms with Crippen molar-refractivity contribution in [3.05, 3.63) is 17.7 Å². The number of nitrogens with one attached hydrogen (secondary N) is 2. The Morgan fingerprint density at radius 2 is 2.12 bits per heavy atom. The molecule has 1 atom stereocenters. The van der Waals surface area contributed by atoms with E-state index in [9.17, 15) is 0 Å². The highest BCUT2D eigenvalue weighted by molar-refractivity contribution is 5.09. The topological polar surface area (TPSA) is 49.9 Å². The average molecular weight is 221 g/mol. The lowest BCUT2D eigenvalue weighted by atomic mass is 9.98. The first kappa shape index (κ1) is 10.3. The normalized spacial score (nSPS) is 27.4. The van der Waals surface area contributed by atoms with Crippen molar-refractivity contribution >= 4 is 0 Å². The quantitative estimate of drug-likeness (QED) is 0.799. The van der Waals surface area contributed by atoms with Gasteiger partial charge in [-0.3, -0.25) is 0 Å². The van der Waals surface area contributed by atoms with Gasteiger partial charge in [-0.2, -0.15) is 0 Å². The molecule has 0 saturated carbocycles. The van der Waals surface area contributed by atoms with E-state index in [4.69, 9.17) is 4.74 Å². The van der Waals surface area contributed by atoms with E-state index in [-0.39, 0.29) is 6.10 Å². The molecule has 0 amide bonds. The molecule has 0 aromatic carbocycles. The van der Waals surface area contributed by atoms with Crippen molar-refractivity contribution in [1.29, 1.82) is 0 Å². The summed E-state index contributed by atoms with van der Waals surface area (Å²) in [5, 5.41) is 3.38. The largest absolute Gasteiger partial charge is 0.372 e. The molecule has 4 heteroatoms. The van der Waals surface area contributed by atoms with Crippen LogP contribution in [0.4, 0.5) is 0 Å². The van der Waals surface area contributed by atoms with Crippen LogP contribution in [0.15, 0.2) is 6.20 Å². The standard InChI is InChI=1S/C12H19N3O/c1-2-11(16-7-1)10-8-14-12(15-10)9-3-5-13-6-4-9/h8-9,11,13H,1-7H2,(H,14,15). The number of rotatable bonds is 2. The molecule has 2 aliphatic rings. The van der Waals surface area contributed by atoms with Crippen molar-refractivity contribution in [2.45, 2.75) is 37.7 Å². The molecule has 88 valence electrons. The molecule has 3 heterocycles. The Morgan fingerprint density at radius 3 is 2.88 bits per heavy atom. The van der Waals surface area contributed by atoms with Crippen molar-refractivity contribution in [2.24, 2.45) is 0 Å². The predicted molar refractivity (Wildman–Crippen MR) is 61.4 cm³/mol. The van der Waals surface area contributed by atoms with E-state index >= 15 is 0 Å². The summed E-state index contributed by atoms with van der Waals surface area (Å²) in [5.74, 6) is 1.77. The number of piperidine rings is 1. The second-order valence-electron chi connectivity index (χ2n) is 4.75. The van der Waals surface area contributed by atoms with Gasteiger partial charge in [0.15, 0.2) is 0 Å². The number of hydrogen-bond donors (Lipinski definition) is 2. The molecular formula is C12H19N3O. The Bertz CT molecular complexity index is 338. The zero-order chi connectivity index (χ0) is 10.8. The maximum Gasteiger partial charge on any atom is 0.109 e. The molecule has 4 nitrogen and oxygen atoms in total. The highest BCUT2D eigenvalue weighted by atomic mass is 16.5. The Morgan fingerprint density at radius 1 is 1.25 bits per heavy atom. The Hall–Kier alpha value is -0.870. The lowest BCUT2D eigenvalue weighted by Gasteiger charge is -2.20. The molecule has 0 radical (unpaired) electrons. The van der Waals surface area contributed by atoms with Crippen LogP contribution in [0.2, 0.25) is 0 Å². The van der Waals surface area contributed by atoms with Crippen molar-refractivity contribution < 1.29 is 4.74 Å². The molecule has 1 aromatic rings. The van der Waals surface area contributed by atoms with Gasteiger partial charge in [-0.1, -0.05) is 0 Å². The maximum atomic E-state index is 5.66. The predicted octanol–water partition coefficient (Wildman–Crippen LogP) is 1.73. The molecule has 2 aliphatic heterocycles. The number of hydrogen-bond acceptors (Lipinski definition) is 3. The van der Waals surface area contributed by atoms with Crippen LogP contribution in [0, 0.1) is 0 Å². The molecule has 2 fully saturated rings. The van der Waals surface area contributed by atoms with Crippen LogP contribution in [-0.4, -0.2) is 29.7 Å². The summed E-state index contributed by atoms with van der Waals surface area (Å²) in [4.78, 5) is 7.98. The Labute approximate surface area is 95.8 Å². The molecule has 1 aromatic heterocycles. The fourth-order valence-corrected chi connectivity index (χ4v) is 2.64. The lowest BCUT2D eigenvalue weighted by Crippen LogP contribution is -2.27. The molecule has 2 N–H and O–H groups in total. The number of imidazole rings is 1. The van der Waals surface area contributed by atoms with Crippen LogP contribution in [-0.2, 0) is 4.74 Å². The van der Waals surface area contributed by atoms with Gasteiger partial charge >= 0.3 is 0 Å². The fourth-order valence-electron chi connectivity index (χ4n) is 2.64. The maximum absolute atomic E-state index is 5.66. The molecule has 0 bridgehead atoms. The van der Waals surface area contributed by atoms with E-state index in [1.165, 1.54) is 25.0 Å². The van der Waals surface area contributed by atoms with Crippen molar-refractivity contribution in [1.82, 2.24) is 15.3 Å². The van der Waals surface area contributed by atoms with Gasteiger partial charge in [0.2, 0.25) is 0 Å². The van der Waals surface area contributed by atoms with Crippen LogP contribution in [0.25, 0.3) is 0 Å². The van der Waals surface area contributed by atoms with Gasteiger partial charge in [-0.25, -0.2) is 4.98 Å². The van der Waals surface area contributed by atoms with Crippen LogP contribution in [0.5, 0.6) is 0 Å². The summed E-state index contributed by atoms with van der Waals surface area (Å²) in [6, 6.07) is 0. The van der Waals surface area contributed by atoms with E-state index < -0.39 is 0 Å². The minimum absolute atomic E-state index is 0.267. The fraction of sp³-hybridized carbons (Fsp3) is 0.750. The monoisotopic (exact) mass is 221 g/mol. The van der Waals surface area contributed by atoms with Crippen molar-refractivity contribution in [3.8, 4) is 0 Å². The second kappa shape index (κ2) is 4.55. The van der Waals surface area contributed by atoms with E-state index in [0.717, 1.165) is 31.9 Å². The molecule has 16 heavy (non-hydrogen) atoms. The average Bonchev–Trinajstić information content (AvgIpc) is 3.01. The zero-order valence-corrected chi connectivity index (χ0v) is 9.54. The number of aromatic nitrogens is 2. The van der Waals surface area contributed by atoms with Gasteiger partial charge in [0.25, 0.3) is 0 Å². The molecular weight excluding hydrogens is 202 g/mol. The number of H-pyrrole nitrogens is 1. The SMILES string of the molecule is c1nc(C2CCNCC2)[nH]c1C1CCCO1. The summed E-state index contributed by atoms with van der Waals surface area (Å²) < 4.78 is 5.66. The van der Waals surface area contributed by atoms with Gasteiger partial charge in [-0.05, 0) is 38.8 Å². The summed E-state index contributed by atoms with van der Waals surface area (Å²) in [6.07, 6.45) is 6.92. The zero-order valence-electron chi connectivity index (χ0n) is 9.54. The summed E-state index contributed by atoms with van der Waals surface area (Å²) in [7, 11) is 0. The van der Waals surface area contributed by atoms with Gasteiger partial charge in [0, 0.05) is 12.5 Å². The van der Waals surface area contributed by atoms with Crippen LogP contribution >= 0.6 is 0 Å². The first-order valence-corrected chi connectivity index (χ1v) is 6.30. The Balaban J connectivity index is 1.71. The minimum atomic E-state index is 0.267. The van der Waals surface area contributed by atoms with E-state index in [1.807, 2.05) is 6.20 Å². The van der Waals surface area contributed by atoms with Crippen molar-refractivity contribution in [2.75, 3.05) is 19.7 Å². The second-order valence-corrected chi connectivity index (χ2v) is 4.75. The van der Waals surface area contributed by atoms with Crippen LogP contribution in [0.3, 0.4) is 0 Å². The van der Waals surface area contributed by atoms with E-state index in [0.29, 0.717) is 5.92 Å². The molecule has 3 rings (SSSR count). The third kappa shape index (κ3) is 1.99. The van der Waals surface area contributed by atoms with Gasteiger partial charge in [-0.15, -0.1) is 0 Å². The Kier molecular flexibility index (Phi) is 2.93. The molecule has 1 unspecified atom stereocenters. The van der Waals surface area contributed by atoms with Gasteiger partial charge < -0.3 is 15.0 Å². The molecule has 0 aliphatic carbocycles. The summed E-state index contributed by atoms with van der Waals surface area (Å²) >= 11 is 0. The van der Waals surface area contributed by atoms with E-state index in [1.54, 1.807) is 0 Å². The molecule has 0 spiro atoms. The molecule has 2 saturated heterocycles. The van der Waals surface area contributed by atoms with E-state index in [2.05, 4.69) is 15.3 Å². The number of ether oxygens (including phenoxy) is 1. The number of aromatic amines is 1. The lowest BCUT2D eigenvalue weighted by molar-refractivity contribution is 0.109. The summed E-state index contributed by atoms with van der Waals surface area (Å²) in [5.41, 5.74) is 1.17. The van der Waals surface area contributed by atoms with Gasteiger partial charge in [0.05, 0.1) is 18.0 Å². The highest BCUT2D eigenvalue weighted by Crippen LogP contribution is 2.29. The third-order valence-electron chi connectivity index (χ3n) is 3.62. The van der Waals surface area contributed by atoms with Crippen LogP contribution < -0.4 is 5.32 Å². The third-order valence-corrected chi connectivity index (χ3v) is 3.62. The minimum Gasteiger partial charge on any atom is -0.372 e. The first-order valence-electron chi connectivity index (χ1n) is 6.30. The first-order chi connectivity index (χ1) is 7.93. The van der Waals surface area contributed by atoms with Gasteiger partial charge in [0.1, 0.15) is 5.82 Å². The van der Waals surface area contributed by atoms with Crippen LogP contribution in [0.1, 0.15) is 49.2 Å².